The van der Waals surface area contributed by atoms with Crippen molar-refractivity contribution < 1.29 is 5.11 Å². The lowest BCUT2D eigenvalue weighted by Crippen LogP contribution is -1.90. The Labute approximate surface area is 97.1 Å². The summed E-state index contributed by atoms with van der Waals surface area (Å²) < 4.78 is 1.64. The van der Waals surface area contributed by atoms with E-state index in [1.54, 1.807) is 16.6 Å². The quantitative estimate of drug-likeness (QED) is 0.662. The van der Waals surface area contributed by atoms with Crippen molar-refractivity contribution in [2.24, 2.45) is 0 Å². The fraction of sp³-hybridized carbons (Fsp3) is 0. The van der Waals surface area contributed by atoms with Gasteiger partial charge in [0.25, 0.3) is 0 Å². The van der Waals surface area contributed by atoms with E-state index in [1.165, 1.54) is 0 Å². The molecule has 0 spiro atoms. The maximum atomic E-state index is 9.23. The number of hydrogen-bond donors (Lipinski definition) is 2. The molecule has 0 saturated heterocycles. The SMILES string of the molecule is Nc1nc2ccc(-c3ccc(O)cc3)cn2n1. The molecule has 2 heterocycles. The molecule has 0 saturated carbocycles. The van der Waals surface area contributed by atoms with Crippen LogP contribution in [0, 0.1) is 0 Å². The van der Waals surface area contributed by atoms with E-state index in [1.807, 2.05) is 30.5 Å². The number of nitrogens with zero attached hydrogens (tertiary/aromatic N) is 3. The second-order valence-corrected chi connectivity index (χ2v) is 3.74. The number of nitrogens with two attached hydrogens (primary N) is 1. The van der Waals surface area contributed by atoms with Gasteiger partial charge in [0.15, 0.2) is 5.65 Å². The monoisotopic (exact) mass is 226 g/mol. The summed E-state index contributed by atoms with van der Waals surface area (Å²) in [7, 11) is 0. The Balaban J connectivity index is 2.13. The highest BCUT2D eigenvalue weighted by Gasteiger charge is 2.02. The summed E-state index contributed by atoms with van der Waals surface area (Å²) in [6, 6.07) is 10.8. The second-order valence-electron chi connectivity index (χ2n) is 3.74. The summed E-state index contributed by atoms with van der Waals surface area (Å²) in [5, 5.41) is 13.3. The Morgan fingerprint density at radius 2 is 1.71 bits per heavy atom. The van der Waals surface area contributed by atoms with E-state index >= 15 is 0 Å². The molecule has 3 aromatic rings. The Morgan fingerprint density at radius 1 is 1.00 bits per heavy atom. The Kier molecular flexibility index (Phi) is 1.98. The van der Waals surface area contributed by atoms with Crippen LogP contribution in [0.5, 0.6) is 5.75 Å². The van der Waals surface area contributed by atoms with Gasteiger partial charge in [-0.3, -0.25) is 0 Å². The van der Waals surface area contributed by atoms with Crippen molar-refractivity contribution in [3.63, 3.8) is 0 Å². The lowest BCUT2D eigenvalue weighted by Gasteiger charge is -2.01. The first-order valence-corrected chi connectivity index (χ1v) is 5.14. The number of aromatic nitrogens is 3. The molecule has 0 radical (unpaired) electrons. The van der Waals surface area contributed by atoms with Crippen LogP contribution in [0.4, 0.5) is 5.95 Å². The molecule has 5 heteroatoms. The van der Waals surface area contributed by atoms with Gasteiger partial charge in [-0.05, 0) is 29.8 Å². The molecule has 0 bridgehead atoms. The largest absolute Gasteiger partial charge is 0.508 e. The number of phenols is 1. The minimum atomic E-state index is 0.250. The number of pyridine rings is 1. The number of benzene rings is 1. The molecule has 2 aromatic heterocycles. The summed E-state index contributed by atoms with van der Waals surface area (Å²) >= 11 is 0. The number of aromatic hydroxyl groups is 1. The molecule has 0 aliphatic heterocycles. The number of rotatable bonds is 1. The van der Waals surface area contributed by atoms with Gasteiger partial charge in [0, 0.05) is 11.8 Å². The van der Waals surface area contributed by atoms with E-state index in [0.29, 0.717) is 5.65 Å². The van der Waals surface area contributed by atoms with Gasteiger partial charge in [-0.25, -0.2) is 4.52 Å². The number of hydrogen-bond acceptors (Lipinski definition) is 4. The van der Waals surface area contributed by atoms with Gasteiger partial charge in [0.05, 0.1) is 0 Å². The van der Waals surface area contributed by atoms with Gasteiger partial charge in [-0.2, -0.15) is 4.98 Å². The van der Waals surface area contributed by atoms with Crippen molar-refractivity contribution in [3.8, 4) is 16.9 Å². The molecule has 3 N–H and O–H groups in total. The summed E-state index contributed by atoms with van der Waals surface area (Å²) in [5.41, 5.74) is 8.22. The highest BCUT2D eigenvalue weighted by atomic mass is 16.3. The summed E-state index contributed by atoms with van der Waals surface area (Å²) in [6.07, 6.45) is 1.85. The maximum Gasteiger partial charge on any atom is 0.240 e. The van der Waals surface area contributed by atoms with Gasteiger partial charge < -0.3 is 10.8 Å². The van der Waals surface area contributed by atoms with Crippen LogP contribution in [0.15, 0.2) is 42.6 Å². The van der Waals surface area contributed by atoms with Crippen molar-refractivity contribution in [1.82, 2.24) is 14.6 Å². The van der Waals surface area contributed by atoms with Gasteiger partial charge in [0.1, 0.15) is 5.75 Å². The van der Waals surface area contributed by atoms with Gasteiger partial charge in [0.2, 0.25) is 5.95 Å². The Morgan fingerprint density at radius 3 is 2.47 bits per heavy atom. The molecule has 0 amide bonds. The van der Waals surface area contributed by atoms with E-state index in [-0.39, 0.29) is 11.7 Å². The van der Waals surface area contributed by atoms with Crippen LogP contribution in [0.2, 0.25) is 0 Å². The number of phenolic OH excluding ortho intramolecular Hbond substituents is 1. The van der Waals surface area contributed by atoms with E-state index < -0.39 is 0 Å². The third kappa shape index (κ3) is 1.67. The predicted octanol–water partition coefficient (Wildman–Crippen LogP) is 1.68. The molecule has 0 aliphatic rings. The van der Waals surface area contributed by atoms with Crippen molar-refractivity contribution in [2.45, 2.75) is 0 Å². The van der Waals surface area contributed by atoms with Crippen LogP contribution in [0.3, 0.4) is 0 Å². The summed E-state index contributed by atoms with van der Waals surface area (Å²) in [5.74, 6) is 0.507. The van der Waals surface area contributed by atoms with Crippen LogP contribution in [0.1, 0.15) is 0 Å². The zero-order chi connectivity index (χ0) is 11.8. The van der Waals surface area contributed by atoms with Crippen LogP contribution in [-0.2, 0) is 0 Å². The fourth-order valence-corrected chi connectivity index (χ4v) is 1.72. The minimum absolute atomic E-state index is 0.250. The Bertz CT molecular complexity index is 673. The first kappa shape index (κ1) is 9.65. The van der Waals surface area contributed by atoms with E-state index in [4.69, 9.17) is 5.73 Å². The first-order valence-electron chi connectivity index (χ1n) is 5.14. The van der Waals surface area contributed by atoms with E-state index in [2.05, 4.69) is 10.1 Å². The van der Waals surface area contributed by atoms with Crippen molar-refractivity contribution >= 4 is 11.6 Å². The van der Waals surface area contributed by atoms with Crippen molar-refractivity contribution in [3.05, 3.63) is 42.6 Å². The van der Waals surface area contributed by atoms with Crippen LogP contribution in [0.25, 0.3) is 16.8 Å². The Hall–Kier alpha value is -2.56. The first-order chi connectivity index (χ1) is 8.22. The standard InChI is InChI=1S/C12H10N4O/c13-12-14-11-6-3-9(7-16(11)15-12)8-1-4-10(17)5-2-8/h1-7,17H,(H2,13,15). The molecule has 17 heavy (non-hydrogen) atoms. The molecule has 0 unspecified atom stereocenters. The normalized spacial score (nSPS) is 10.8. The predicted molar refractivity (Wildman–Crippen MR) is 64.5 cm³/mol. The van der Waals surface area contributed by atoms with Crippen LogP contribution < -0.4 is 5.73 Å². The fourth-order valence-electron chi connectivity index (χ4n) is 1.72. The van der Waals surface area contributed by atoms with E-state index in [9.17, 15) is 5.11 Å². The van der Waals surface area contributed by atoms with Crippen molar-refractivity contribution in [1.29, 1.82) is 0 Å². The lowest BCUT2D eigenvalue weighted by atomic mass is 10.1. The summed E-state index contributed by atoms with van der Waals surface area (Å²) in [4.78, 5) is 4.05. The third-order valence-corrected chi connectivity index (χ3v) is 2.55. The molecule has 5 nitrogen and oxygen atoms in total. The topological polar surface area (TPSA) is 76.4 Å². The number of anilines is 1. The van der Waals surface area contributed by atoms with E-state index in [0.717, 1.165) is 11.1 Å². The molecule has 84 valence electrons. The zero-order valence-corrected chi connectivity index (χ0v) is 8.91. The minimum Gasteiger partial charge on any atom is -0.508 e. The molecular weight excluding hydrogens is 216 g/mol. The van der Waals surface area contributed by atoms with Gasteiger partial charge >= 0.3 is 0 Å². The van der Waals surface area contributed by atoms with Crippen LogP contribution >= 0.6 is 0 Å². The number of nitrogen functional groups attached to an aromatic ring is 1. The molecular formula is C12H10N4O. The zero-order valence-electron chi connectivity index (χ0n) is 8.91. The number of fused-ring (bicyclic) bond motifs is 1. The average molecular weight is 226 g/mol. The second kappa shape index (κ2) is 3.48. The van der Waals surface area contributed by atoms with Crippen LogP contribution in [-0.4, -0.2) is 19.7 Å². The summed E-state index contributed by atoms with van der Waals surface area (Å²) in [6.45, 7) is 0. The molecule has 3 rings (SSSR count). The highest BCUT2D eigenvalue weighted by Crippen LogP contribution is 2.22. The average Bonchev–Trinajstić information content (AvgIpc) is 2.69. The lowest BCUT2D eigenvalue weighted by molar-refractivity contribution is 0.475. The molecule has 0 atom stereocenters. The maximum absolute atomic E-state index is 9.23. The third-order valence-electron chi connectivity index (χ3n) is 2.55. The smallest absolute Gasteiger partial charge is 0.240 e. The molecule has 0 aliphatic carbocycles. The molecule has 0 fully saturated rings. The highest BCUT2D eigenvalue weighted by molar-refractivity contribution is 5.65. The van der Waals surface area contributed by atoms with Gasteiger partial charge in [-0.1, -0.05) is 12.1 Å². The molecule has 1 aromatic carbocycles. The van der Waals surface area contributed by atoms with Gasteiger partial charge in [-0.15, -0.1) is 5.10 Å². The van der Waals surface area contributed by atoms with Crippen molar-refractivity contribution in [2.75, 3.05) is 5.73 Å².